The second-order valence-corrected chi connectivity index (χ2v) is 11.9. The molecule has 5 aromatic rings. The molecule has 0 aliphatic rings. The fraction of sp³-hybridized carbons (Fsp3) is 0.0278. The molecular formula is C36H26Cl2FN3O3S. The van der Waals surface area contributed by atoms with Gasteiger partial charge in [0.1, 0.15) is 16.8 Å². The summed E-state index contributed by atoms with van der Waals surface area (Å²) < 4.78 is 14.7. The van der Waals surface area contributed by atoms with E-state index in [1.54, 1.807) is 72.8 Å². The molecule has 6 nitrogen and oxygen atoms in total. The summed E-state index contributed by atoms with van der Waals surface area (Å²) in [5, 5.41) is 8.08. The molecule has 0 heterocycles. The van der Waals surface area contributed by atoms with Crippen LogP contribution in [-0.4, -0.2) is 17.7 Å². The number of benzene rings is 5. The van der Waals surface area contributed by atoms with E-state index in [4.69, 9.17) is 23.2 Å². The van der Waals surface area contributed by atoms with Gasteiger partial charge in [-0.05, 0) is 66.2 Å². The standard InChI is InChI=1S/C36H26Cl2FN3O3S/c37-28-18-10-19-30(39)27(28)22-32(42-34(43)24-13-5-2-6-14-24)35(44)40-25-15-9-16-26(21-25)46-33(23-11-3-1-4-12-23)36(45)41-31-20-8-7-17-29(31)38/h1-22,33H,(H,40,44)(H,41,45)(H,42,43)/b32-22+. The maximum absolute atomic E-state index is 14.7. The molecule has 1 unspecified atom stereocenters. The molecule has 1 atom stereocenters. The normalized spacial score (nSPS) is 11.8. The molecule has 0 aliphatic heterocycles. The molecule has 0 aromatic heterocycles. The summed E-state index contributed by atoms with van der Waals surface area (Å²) in [4.78, 5) is 40.7. The van der Waals surface area contributed by atoms with Crippen molar-refractivity contribution in [3.05, 3.63) is 166 Å². The SMILES string of the molecule is O=C(Nc1cccc(SC(C(=O)Nc2ccccc2Cl)c2ccccc2)c1)/C(=C\c1c(F)cccc1Cl)NC(=O)c1ccccc1. The van der Waals surface area contributed by atoms with E-state index in [9.17, 15) is 18.8 Å². The van der Waals surface area contributed by atoms with Crippen LogP contribution < -0.4 is 16.0 Å². The lowest BCUT2D eigenvalue weighted by atomic mass is 10.1. The molecule has 10 heteroatoms. The highest BCUT2D eigenvalue weighted by Crippen LogP contribution is 2.38. The first-order valence-corrected chi connectivity index (χ1v) is 15.6. The Hall–Kier alpha value is -4.89. The number of thioether (sulfide) groups is 1. The van der Waals surface area contributed by atoms with Gasteiger partial charge in [0.25, 0.3) is 11.8 Å². The van der Waals surface area contributed by atoms with Crippen LogP contribution in [0.25, 0.3) is 6.08 Å². The van der Waals surface area contributed by atoms with Crippen molar-refractivity contribution in [3.8, 4) is 0 Å². The number of hydrogen-bond acceptors (Lipinski definition) is 4. The lowest BCUT2D eigenvalue weighted by Crippen LogP contribution is -2.30. The zero-order chi connectivity index (χ0) is 32.5. The second-order valence-electron chi connectivity index (χ2n) is 9.87. The average molecular weight is 671 g/mol. The summed E-state index contributed by atoms with van der Waals surface area (Å²) in [6.45, 7) is 0. The molecule has 5 rings (SSSR count). The van der Waals surface area contributed by atoms with Gasteiger partial charge < -0.3 is 16.0 Å². The van der Waals surface area contributed by atoms with Crippen LogP contribution in [-0.2, 0) is 9.59 Å². The Morgan fingerprint density at radius 3 is 2.09 bits per heavy atom. The van der Waals surface area contributed by atoms with Crippen molar-refractivity contribution in [1.29, 1.82) is 0 Å². The minimum absolute atomic E-state index is 0.0535. The van der Waals surface area contributed by atoms with Gasteiger partial charge in [-0.2, -0.15) is 0 Å². The van der Waals surface area contributed by atoms with Gasteiger partial charge in [-0.1, -0.05) is 96.0 Å². The van der Waals surface area contributed by atoms with E-state index in [-0.39, 0.29) is 22.2 Å². The van der Waals surface area contributed by atoms with Gasteiger partial charge in [0.15, 0.2) is 0 Å². The van der Waals surface area contributed by atoms with E-state index in [2.05, 4.69) is 16.0 Å². The number of para-hydroxylation sites is 1. The Kier molecular flexibility index (Phi) is 10.9. The van der Waals surface area contributed by atoms with Crippen molar-refractivity contribution in [3.63, 3.8) is 0 Å². The first-order chi connectivity index (χ1) is 22.3. The first kappa shape index (κ1) is 32.5. The molecule has 0 radical (unpaired) electrons. The molecule has 5 aromatic carbocycles. The van der Waals surface area contributed by atoms with Gasteiger partial charge in [0.2, 0.25) is 5.91 Å². The summed E-state index contributed by atoms with van der Waals surface area (Å²) in [6, 6.07) is 35.6. The molecular weight excluding hydrogens is 644 g/mol. The number of hydrogen-bond donors (Lipinski definition) is 3. The number of carbonyl (C=O) groups excluding carboxylic acids is 3. The lowest BCUT2D eigenvalue weighted by Gasteiger charge is -2.18. The zero-order valence-corrected chi connectivity index (χ0v) is 26.4. The molecule has 0 saturated carbocycles. The quantitative estimate of drug-likeness (QED) is 0.102. The average Bonchev–Trinajstić information content (AvgIpc) is 3.06. The number of rotatable bonds is 10. The lowest BCUT2D eigenvalue weighted by molar-refractivity contribution is -0.116. The van der Waals surface area contributed by atoms with Crippen LogP contribution >= 0.6 is 35.0 Å². The van der Waals surface area contributed by atoms with E-state index in [0.717, 1.165) is 5.56 Å². The number of nitrogens with one attached hydrogen (secondary N) is 3. The monoisotopic (exact) mass is 669 g/mol. The van der Waals surface area contributed by atoms with Gasteiger partial charge in [-0.25, -0.2) is 4.39 Å². The van der Waals surface area contributed by atoms with Gasteiger partial charge in [0.05, 0.1) is 15.7 Å². The summed E-state index contributed by atoms with van der Waals surface area (Å²) >= 11 is 13.8. The van der Waals surface area contributed by atoms with Gasteiger partial charge in [-0.3, -0.25) is 14.4 Å². The molecule has 0 aliphatic carbocycles. The van der Waals surface area contributed by atoms with Crippen molar-refractivity contribution < 1.29 is 18.8 Å². The summed E-state index contributed by atoms with van der Waals surface area (Å²) in [7, 11) is 0. The topological polar surface area (TPSA) is 87.3 Å². The summed E-state index contributed by atoms with van der Waals surface area (Å²) in [5.41, 5.74) is 1.67. The molecule has 0 spiro atoms. The van der Waals surface area contributed by atoms with Crippen LogP contribution in [0, 0.1) is 5.82 Å². The van der Waals surface area contributed by atoms with E-state index in [0.29, 0.717) is 26.9 Å². The van der Waals surface area contributed by atoms with Crippen LogP contribution in [0.1, 0.15) is 26.7 Å². The second kappa shape index (κ2) is 15.4. The Labute approximate surface area is 279 Å². The third kappa shape index (κ3) is 8.43. The maximum Gasteiger partial charge on any atom is 0.272 e. The largest absolute Gasteiger partial charge is 0.323 e. The van der Waals surface area contributed by atoms with Crippen molar-refractivity contribution >= 4 is 70.1 Å². The minimum atomic E-state index is -0.707. The predicted octanol–water partition coefficient (Wildman–Crippen LogP) is 9.01. The van der Waals surface area contributed by atoms with Gasteiger partial charge >= 0.3 is 0 Å². The molecule has 46 heavy (non-hydrogen) atoms. The van der Waals surface area contributed by atoms with Crippen LogP contribution in [0.15, 0.2) is 138 Å². The van der Waals surface area contributed by atoms with Crippen molar-refractivity contribution in [2.45, 2.75) is 10.1 Å². The summed E-state index contributed by atoms with van der Waals surface area (Å²) in [6.07, 6.45) is 1.19. The van der Waals surface area contributed by atoms with E-state index in [1.165, 1.54) is 36.0 Å². The number of halogens is 3. The summed E-state index contributed by atoms with van der Waals surface area (Å²) in [5.74, 6) is -2.21. The molecule has 0 fully saturated rings. The Bertz CT molecular complexity index is 1890. The van der Waals surface area contributed by atoms with Crippen molar-refractivity contribution in [2.24, 2.45) is 0 Å². The molecule has 3 amide bonds. The molecule has 3 N–H and O–H groups in total. The zero-order valence-electron chi connectivity index (χ0n) is 24.0. The van der Waals surface area contributed by atoms with E-state index < -0.39 is 22.9 Å². The highest BCUT2D eigenvalue weighted by atomic mass is 35.5. The first-order valence-electron chi connectivity index (χ1n) is 14.0. The van der Waals surface area contributed by atoms with Gasteiger partial charge in [0, 0.05) is 21.7 Å². The predicted molar refractivity (Wildman–Crippen MR) is 183 cm³/mol. The number of anilines is 2. The highest BCUT2D eigenvalue weighted by molar-refractivity contribution is 8.00. The number of amides is 3. The van der Waals surface area contributed by atoms with Gasteiger partial charge in [-0.15, -0.1) is 11.8 Å². The highest BCUT2D eigenvalue weighted by Gasteiger charge is 2.23. The van der Waals surface area contributed by atoms with Crippen LogP contribution in [0.2, 0.25) is 10.0 Å². The Morgan fingerprint density at radius 2 is 1.37 bits per heavy atom. The molecule has 230 valence electrons. The third-order valence-electron chi connectivity index (χ3n) is 6.64. The van der Waals surface area contributed by atoms with Crippen LogP contribution in [0.5, 0.6) is 0 Å². The molecule has 0 bridgehead atoms. The van der Waals surface area contributed by atoms with Crippen molar-refractivity contribution in [2.75, 3.05) is 10.6 Å². The minimum Gasteiger partial charge on any atom is -0.323 e. The van der Waals surface area contributed by atoms with Crippen LogP contribution in [0.4, 0.5) is 15.8 Å². The Balaban J connectivity index is 1.40. The smallest absolute Gasteiger partial charge is 0.272 e. The van der Waals surface area contributed by atoms with E-state index in [1.807, 2.05) is 36.4 Å². The Morgan fingerprint density at radius 1 is 0.717 bits per heavy atom. The fourth-order valence-electron chi connectivity index (χ4n) is 4.38. The van der Waals surface area contributed by atoms with E-state index >= 15 is 0 Å². The third-order valence-corrected chi connectivity index (χ3v) is 8.54. The van der Waals surface area contributed by atoms with Crippen LogP contribution in [0.3, 0.4) is 0 Å². The van der Waals surface area contributed by atoms with Crippen molar-refractivity contribution in [1.82, 2.24) is 5.32 Å². The maximum atomic E-state index is 14.7. The molecule has 0 saturated heterocycles. The fourth-order valence-corrected chi connectivity index (χ4v) is 5.86. The number of carbonyl (C=O) groups is 3.